The molecule has 1 atom stereocenters. The van der Waals surface area contributed by atoms with Gasteiger partial charge in [0.15, 0.2) is 23.9 Å². The van der Waals surface area contributed by atoms with E-state index in [0.29, 0.717) is 22.8 Å². The normalized spacial score (nSPS) is 13.2. The van der Waals surface area contributed by atoms with Gasteiger partial charge in [0.1, 0.15) is 5.75 Å². The van der Waals surface area contributed by atoms with Crippen molar-refractivity contribution in [2.45, 2.75) is 19.9 Å². The van der Waals surface area contributed by atoms with E-state index in [9.17, 15) is 9.59 Å². The standard InChI is InChI=1S/C19H19NO5/c1-12(14-6-7-17-18(9-14)25-11-24-17)20-19(22)10-23-16-5-3-4-15(8-16)13(2)21/h3-9,12H,10-11H2,1-2H3,(H,20,22)/t12-/m0/s1. The molecule has 6 heteroatoms. The van der Waals surface area contributed by atoms with Crippen LogP contribution in [0.4, 0.5) is 0 Å². The summed E-state index contributed by atoms with van der Waals surface area (Å²) >= 11 is 0. The fourth-order valence-corrected chi connectivity index (χ4v) is 2.50. The van der Waals surface area contributed by atoms with Gasteiger partial charge >= 0.3 is 0 Å². The molecule has 0 saturated carbocycles. The third-order valence-electron chi connectivity index (χ3n) is 3.88. The van der Waals surface area contributed by atoms with Crippen LogP contribution in [-0.4, -0.2) is 25.1 Å². The monoisotopic (exact) mass is 341 g/mol. The van der Waals surface area contributed by atoms with Gasteiger partial charge in [0.05, 0.1) is 6.04 Å². The van der Waals surface area contributed by atoms with Crippen LogP contribution in [0.15, 0.2) is 42.5 Å². The molecule has 0 unspecified atom stereocenters. The van der Waals surface area contributed by atoms with Crippen molar-refractivity contribution < 1.29 is 23.8 Å². The summed E-state index contributed by atoms with van der Waals surface area (Å²) in [5.41, 5.74) is 1.46. The first-order valence-corrected chi connectivity index (χ1v) is 7.95. The zero-order valence-corrected chi connectivity index (χ0v) is 14.1. The van der Waals surface area contributed by atoms with Crippen molar-refractivity contribution in [1.29, 1.82) is 0 Å². The van der Waals surface area contributed by atoms with Gasteiger partial charge in [0.25, 0.3) is 5.91 Å². The number of carbonyl (C=O) groups is 2. The molecule has 2 aromatic rings. The fraction of sp³-hybridized carbons (Fsp3) is 0.263. The van der Waals surface area contributed by atoms with Crippen molar-refractivity contribution in [3.63, 3.8) is 0 Å². The van der Waals surface area contributed by atoms with Crippen molar-refractivity contribution in [3.05, 3.63) is 53.6 Å². The van der Waals surface area contributed by atoms with Gasteiger partial charge in [0.2, 0.25) is 6.79 Å². The molecule has 6 nitrogen and oxygen atoms in total. The van der Waals surface area contributed by atoms with Gasteiger partial charge in [0, 0.05) is 5.56 Å². The predicted molar refractivity (Wildman–Crippen MR) is 91.1 cm³/mol. The zero-order chi connectivity index (χ0) is 17.8. The average molecular weight is 341 g/mol. The van der Waals surface area contributed by atoms with E-state index in [0.717, 1.165) is 5.56 Å². The Morgan fingerprint density at radius 2 is 1.96 bits per heavy atom. The molecule has 1 heterocycles. The number of benzene rings is 2. The average Bonchev–Trinajstić information content (AvgIpc) is 3.07. The van der Waals surface area contributed by atoms with Crippen LogP contribution in [0, 0.1) is 0 Å². The Bertz CT molecular complexity index is 802. The van der Waals surface area contributed by atoms with Crippen molar-refractivity contribution in [2.75, 3.05) is 13.4 Å². The Labute approximate surface area is 145 Å². The highest BCUT2D eigenvalue weighted by molar-refractivity contribution is 5.94. The molecule has 0 spiro atoms. The third-order valence-corrected chi connectivity index (χ3v) is 3.88. The molecule has 25 heavy (non-hydrogen) atoms. The first-order valence-electron chi connectivity index (χ1n) is 7.95. The molecular weight excluding hydrogens is 322 g/mol. The minimum atomic E-state index is -0.251. The predicted octanol–water partition coefficient (Wildman–Crippen LogP) is 2.87. The number of rotatable bonds is 6. The van der Waals surface area contributed by atoms with E-state index < -0.39 is 0 Å². The fourth-order valence-electron chi connectivity index (χ4n) is 2.50. The summed E-state index contributed by atoms with van der Waals surface area (Å²) in [6.45, 7) is 3.45. The lowest BCUT2D eigenvalue weighted by Gasteiger charge is -2.15. The first kappa shape index (κ1) is 16.8. The van der Waals surface area contributed by atoms with E-state index in [2.05, 4.69) is 5.32 Å². The Kier molecular flexibility index (Phi) is 4.88. The number of Topliss-reactive ketones (excluding diaryl/α,β-unsaturated/α-hetero) is 1. The van der Waals surface area contributed by atoms with E-state index in [1.807, 2.05) is 25.1 Å². The first-order chi connectivity index (χ1) is 12.0. The SMILES string of the molecule is CC(=O)c1cccc(OCC(=O)N[C@@H](C)c2ccc3c(c2)OCO3)c1. The second kappa shape index (κ2) is 7.25. The van der Waals surface area contributed by atoms with Gasteiger partial charge < -0.3 is 19.5 Å². The summed E-state index contributed by atoms with van der Waals surface area (Å²) in [5, 5.41) is 2.87. The summed E-state index contributed by atoms with van der Waals surface area (Å²) in [4.78, 5) is 23.5. The van der Waals surface area contributed by atoms with Crippen LogP contribution >= 0.6 is 0 Å². The third kappa shape index (κ3) is 4.09. The maximum Gasteiger partial charge on any atom is 0.258 e. The number of carbonyl (C=O) groups excluding carboxylic acids is 2. The number of ketones is 1. The van der Waals surface area contributed by atoms with Gasteiger partial charge in [-0.2, -0.15) is 0 Å². The van der Waals surface area contributed by atoms with Crippen molar-refractivity contribution >= 4 is 11.7 Å². The molecule has 130 valence electrons. The zero-order valence-electron chi connectivity index (χ0n) is 14.1. The van der Waals surface area contributed by atoms with Gasteiger partial charge in [-0.25, -0.2) is 0 Å². The summed E-state index contributed by atoms with van der Waals surface area (Å²) in [5.74, 6) is 1.56. The molecule has 1 aliphatic rings. The smallest absolute Gasteiger partial charge is 0.258 e. The molecule has 0 fully saturated rings. The minimum Gasteiger partial charge on any atom is -0.484 e. The molecule has 1 aliphatic heterocycles. The number of nitrogens with one attached hydrogen (secondary N) is 1. The quantitative estimate of drug-likeness (QED) is 0.818. The Morgan fingerprint density at radius 1 is 1.16 bits per heavy atom. The molecule has 0 aliphatic carbocycles. The Hall–Kier alpha value is -3.02. The van der Waals surface area contributed by atoms with Crippen LogP contribution in [0.2, 0.25) is 0 Å². The van der Waals surface area contributed by atoms with Crippen LogP contribution in [0.1, 0.15) is 35.8 Å². The molecule has 0 radical (unpaired) electrons. The topological polar surface area (TPSA) is 73.9 Å². The maximum atomic E-state index is 12.1. The summed E-state index contributed by atoms with van der Waals surface area (Å²) in [6, 6.07) is 12.1. The van der Waals surface area contributed by atoms with Gasteiger partial charge in [-0.1, -0.05) is 18.2 Å². The molecule has 1 amide bonds. The number of hydrogen-bond donors (Lipinski definition) is 1. The van der Waals surface area contributed by atoms with Crippen LogP contribution in [0.3, 0.4) is 0 Å². The maximum absolute atomic E-state index is 12.1. The lowest BCUT2D eigenvalue weighted by Crippen LogP contribution is -2.31. The minimum absolute atomic E-state index is 0.0497. The van der Waals surface area contributed by atoms with Crippen molar-refractivity contribution in [3.8, 4) is 17.2 Å². The number of fused-ring (bicyclic) bond motifs is 1. The summed E-state index contributed by atoms with van der Waals surface area (Å²) in [7, 11) is 0. The van der Waals surface area contributed by atoms with Crippen molar-refractivity contribution in [2.24, 2.45) is 0 Å². The van der Waals surface area contributed by atoms with Gasteiger partial charge in [-0.3, -0.25) is 9.59 Å². The Morgan fingerprint density at radius 3 is 2.76 bits per heavy atom. The second-order valence-electron chi connectivity index (χ2n) is 5.77. The van der Waals surface area contributed by atoms with Crippen molar-refractivity contribution in [1.82, 2.24) is 5.32 Å². The van der Waals surface area contributed by atoms with Crippen LogP contribution in [0.25, 0.3) is 0 Å². The Balaban J connectivity index is 1.55. The second-order valence-corrected chi connectivity index (χ2v) is 5.77. The largest absolute Gasteiger partial charge is 0.484 e. The van der Waals surface area contributed by atoms with Gasteiger partial charge in [-0.05, 0) is 43.7 Å². The van der Waals surface area contributed by atoms with Crippen LogP contribution in [0.5, 0.6) is 17.2 Å². The molecule has 2 aromatic carbocycles. The highest BCUT2D eigenvalue weighted by atomic mass is 16.7. The molecule has 0 bridgehead atoms. The molecule has 0 aromatic heterocycles. The van der Waals surface area contributed by atoms with Gasteiger partial charge in [-0.15, -0.1) is 0 Å². The lowest BCUT2D eigenvalue weighted by molar-refractivity contribution is -0.123. The van der Waals surface area contributed by atoms with Crippen LogP contribution < -0.4 is 19.5 Å². The number of ether oxygens (including phenoxy) is 3. The highest BCUT2D eigenvalue weighted by Crippen LogP contribution is 2.34. The number of hydrogen-bond acceptors (Lipinski definition) is 5. The molecule has 1 N–H and O–H groups in total. The molecular formula is C19H19NO5. The van der Waals surface area contributed by atoms with E-state index in [-0.39, 0.29) is 31.1 Å². The van der Waals surface area contributed by atoms with E-state index >= 15 is 0 Å². The lowest BCUT2D eigenvalue weighted by atomic mass is 10.1. The molecule has 0 saturated heterocycles. The summed E-state index contributed by atoms with van der Waals surface area (Å²) < 4.78 is 16.1. The number of amides is 1. The van der Waals surface area contributed by atoms with E-state index in [1.54, 1.807) is 24.3 Å². The van der Waals surface area contributed by atoms with E-state index in [1.165, 1.54) is 6.92 Å². The van der Waals surface area contributed by atoms with E-state index in [4.69, 9.17) is 14.2 Å². The summed E-state index contributed by atoms with van der Waals surface area (Å²) in [6.07, 6.45) is 0. The highest BCUT2D eigenvalue weighted by Gasteiger charge is 2.17. The van der Waals surface area contributed by atoms with Crippen LogP contribution in [-0.2, 0) is 4.79 Å². The molecule has 3 rings (SSSR count).